The van der Waals surface area contributed by atoms with Crippen molar-refractivity contribution in [1.29, 1.82) is 0 Å². The van der Waals surface area contributed by atoms with E-state index in [0.717, 1.165) is 11.3 Å². The first-order valence-electron chi connectivity index (χ1n) is 4.64. The van der Waals surface area contributed by atoms with Crippen molar-refractivity contribution >= 4 is 0 Å². The van der Waals surface area contributed by atoms with Crippen LogP contribution in [0, 0.1) is 0 Å². The fraction of sp³-hybridized carbons (Fsp3) is 0.182. The smallest absolute Gasteiger partial charge is 0.209 e. The summed E-state index contributed by atoms with van der Waals surface area (Å²) in [5, 5.41) is 6.99. The van der Waals surface area contributed by atoms with Gasteiger partial charge in [0, 0.05) is 11.6 Å². The molecule has 0 aliphatic rings. The Hall–Kier alpha value is -1.77. The largest absolute Gasteiger partial charge is 0.478 e. The average Bonchev–Trinajstić information content (AvgIpc) is 2.68. The number of benzene rings is 1. The monoisotopic (exact) mass is 188 g/mol. The van der Waals surface area contributed by atoms with Crippen molar-refractivity contribution in [3.8, 4) is 17.1 Å². The molecule has 0 bridgehead atoms. The van der Waals surface area contributed by atoms with Gasteiger partial charge in [0.25, 0.3) is 0 Å². The van der Waals surface area contributed by atoms with Crippen LogP contribution in [0.5, 0.6) is 5.88 Å². The molecule has 3 heteroatoms. The van der Waals surface area contributed by atoms with Crippen LogP contribution in [0.15, 0.2) is 36.4 Å². The van der Waals surface area contributed by atoms with E-state index in [9.17, 15) is 0 Å². The molecule has 0 aliphatic carbocycles. The van der Waals surface area contributed by atoms with Crippen LogP contribution in [0.4, 0.5) is 0 Å². The van der Waals surface area contributed by atoms with E-state index >= 15 is 0 Å². The second-order valence-corrected chi connectivity index (χ2v) is 2.92. The predicted molar refractivity (Wildman–Crippen MR) is 55.2 cm³/mol. The van der Waals surface area contributed by atoms with Crippen LogP contribution in [0.1, 0.15) is 6.92 Å². The summed E-state index contributed by atoms with van der Waals surface area (Å²) in [6.45, 7) is 2.60. The Bertz CT molecular complexity index is 395. The summed E-state index contributed by atoms with van der Waals surface area (Å²) in [6, 6.07) is 11.9. The molecule has 0 saturated carbocycles. The van der Waals surface area contributed by atoms with Gasteiger partial charge in [0.1, 0.15) is 0 Å². The quantitative estimate of drug-likeness (QED) is 0.803. The highest BCUT2D eigenvalue weighted by Gasteiger charge is 2.02. The molecule has 1 aromatic heterocycles. The minimum Gasteiger partial charge on any atom is -0.478 e. The summed E-state index contributed by atoms with van der Waals surface area (Å²) in [5.41, 5.74) is 2.00. The highest BCUT2D eigenvalue weighted by Crippen LogP contribution is 2.19. The number of rotatable bonds is 3. The van der Waals surface area contributed by atoms with Crippen molar-refractivity contribution in [3.63, 3.8) is 0 Å². The summed E-state index contributed by atoms with van der Waals surface area (Å²) in [4.78, 5) is 0. The van der Waals surface area contributed by atoms with E-state index in [4.69, 9.17) is 4.74 Å². The maximum atomic E-state index is 5.29. The third-order valence-corrected chi connectivity index (χ3v) is 1.92. The van der Waals surface area contributed by atoms with Crippen LogP contribution in [-0.4, -0.2) is 16.8 Å². The molecule has 2 rings (SSSR count). The fourth-order valence-corrected chi connectivity index (χ4v) is 1.29. The first-order valence-corrected chi connectivity index (χ1v) is 4.64. The number of ether oxygens (including phenoxy) is 1. The Morgan fingerprint density at radius 1 is 1.29 bits per heavy atom. The molecule has 0 unspecified atom stereocenters. The minimum absolute atomic E-state index is 0.649. The molecule has 3 nitrogen and oxygen atoms in total. The summed E-state index contributed by atoms with van der Waals surface area (Å²) in [5.74, 6) is 0.714. The Kier molecular flexibility index (Phi) is 2.49. The van der Waals surface area contributed by atoms with Crippen LogP contribution in [0.3, 0.4) is 0 Å². The zero-order valence-electron chi connectivity index (χ0n) is 8.03. The van der Waals surface area contributed by atoms with Gasteiger partial charge >= 0.3 is 0 Å². The van der Waals surface area contributed by atoms with Crippen LogP contribution in [0.2, 0.25) is 0 Å². The SMILES string of the molecule is CCOc1cc(-c2ccccc2)n[nH]1. The Morgan fingerprint density at radius 2 is 2.07 bits per heavy atom. The van der Waals surface area contributed by atoms with Gasteiger partial charge in [-0.25, -0.2) is 5.10 Å². The van der Waals surface area contributed by atoms with Crippen molar-refractivity contribution in [1.82, 2.24) is 10.2 Å². The Balaban J connectivity index is 2.25. The molecule has 0 aliphatic heterocycles. The molecule has 0 saturated heterocycles. The molecule has 0 radical (unpaired) electrons. The van der Waals surface area contributed by atoms with E-state index in [1.165, 1.54) is 0 Å². The van der Waals surface area contributed by atoms with Gasteiger partial charge in [-0.2, -0.15) is 5.10 Å². The van der Waals surface area contributed by atoms with E-state index in [0.29, 0.717) is 12.5 Å². The van der Waals surface area contributed by atoms with Gasteiger partial charge in [0.2, 0.25) is 5.88 Å². The average molecular weight is 188 g/mol. The number of nitrogens with one attached hydrogen (secondary N) is 1. The summed E-state index contributed by atoms with van der Waals surface area (Å²) in [7, 11) is 0. The van der Waals surface area contributed by atoms with Crippen molar-refractivity contribution in [2.75, 3.05) is 6.61 Å². The van der Waals surface area contributed by atoms with Crippen LogP contribution in [0.25, 0.3) is 11.3 Å². The number of aromatic nitrogens is 2. The highest BCUT2D eigenvalue weighted by atomic mass is 16.5. The molecule has 1 aromatic carbocycles. The molecule has 0 fully saturated rings. The number of nitrogens with zero attached hydrogens (tertiary/aromatic N) is 1. The normalized spacial score (nSPS) is 10.1. The summed E-state index contributed by atoms with van der Waals surface area (Å²) in [6.07, 6.45) is 0. The lowest BCUT2D eigenvalue weighted by Crippen LogP contribution is -1.90. The number of hydrogen-bond acceptors (Lipinski definition) is 2. The molecule has 14 heavy (non-hydrogen) atoms. The first-order chi connectivity index (χ1) is 6.90. The molecular formula is C11H12N2O. The molecule has 0 amide bonds. The van der Waals surface area contributed by atoms with Crippen molar-refractivity contribution in [3.05, 3.63) is 36.4 Å². The second kappa shape index (κ2) is 3.96. The van der Waals surface area contributed by atoms with Gasteiger partial charge in [-0.1, -0.05) is 30.3 Å². The molecular weight excluding hydrogens is 176 g/mol. The fourth-order valence-electron chi connectivity index (χ4n) is 1.29. The van der Waals surface area contributed by atoms with Crippen molar-refractivity contribution in [2.24, 2.45) is 0 Å². The van der Waals surface area contributed by atoms with Gasteiger partial charge in [-0.3, -0.25) is 0 Å². The number of H-pyrrole nitrogens is 1. The molecule has 0 spiro atoms. The first kappa shape index (κ1) is 8.81. The lowest BCUT2D eigenvalue weighted by molar-refractivity contribution is 0.326. The predicted octanol–water partition coefficient (Wildman–Crippen LogP) is 2.48. The van der Waals surface area contributed by atoms with E-state index < -0.39 is 0 Å². The van der Waals surface area contributed by atoms with Gasteiger partial charge in [0.05, 0.1) is 12.3 Å². The molecule has 1 N–H and O–H groups in total. The van der Waals surface area contributed by atoms with E-state index in [2.05, 4.69) is 10.2 Å². The molecule has 72 valence electrons. The van der Waals surface area contributed by atoms with Crippen LogP contribution in [-0.2, 0) is 0 Å². The van der Waals surface area contributed by atoms with Gasteiger partial charge in [0.15, 0.2) is 0 Å². The summed E-state index contributed by atoms with van der Waals surface area (Å²) < 4.78 is 5.29. The maximum Gasteiger partial charge on any atom is 0.209 e. The van der Waals surface area contributed by atoms with Crippen LogP contribution >= 0.6 is 0 Å². The maximum absolute atomic E-state index is 5.29. The number of aromatic amines is 1. The Labute approximate surface area is 82.7 Å². The van der Waals surface area contributed by atoms with E-state index in [1.807, 2.05) is 43.3 Å². The van der Waals surface area contributed by atoms with Crippen molar-refractivity contribution < 1.29 is 4.74 Å². The zero-order chi connectivity index (χ0) is 9.80. The molecule has 2 aromatic rings. The zero-order valence-corrected chi connectivity index (χ0v) is 8.03. The number of hydrogen-bond donors (Lipinski definition) is 1. The summed E-state index contributed by atoms with van der Waals surface area (Å²) >= 11 is 0. The topological polar surface area (TPSA) is 37.9 Å². The second-order valence-electron chi connectivity index (χ2n) is 2.92. The lowest BCUT2D eigenvalue weighted by atomic mass is 10.2. The van der Waals surface area contributed by atoms with Gasteiger partial charge < -0.3 is 4.74 Å². The Morgan fingerprint density at radius 3 is 2.79 bits per heavy atom. The van der Waals surface area contributed by atoms with Crippen molar-refractivity contribution in [2.45, 2.75) is 6.92 Å². The lowest BCUT2D eigenvalue weighted by Gasteiger charge is -1.94. The van der Waals surface area contributed by atoms with E-state index in [-0.39, 0.29) is 0 Å². The highest BCUT2D eigenvalue weighted by molar-refractivity contribution is 5.59. The van der Waals surface area contributed by atoms with Crippen LogP contribution < -0.4 is 4.74 Å². The third-order valence-electron chi connectivity index (χ3n) is 1.92. The third kappa shape index (κ3) is 1.76. The van der Waals surface area contributed by atoms with E-state index in [1.54, 1.807) is 0 Å². The molecule has 1 heterocycles. The standard InChI is InChI=1S/C11H12N2O/c1-2-14-11-8-10(12-13-11)9-6-4-3-5-7-9/h3-8H,2H2,1H3,(H,12,13). The van der Waals surface area contributed by atoms with Gasteiger partial charge in [-0.15, -0.1) is 0 Å². The minimum atomic E-state index is 0.649. The van der Waals surface area contributed by atoms with Gasteiger partial charge in [-0.05, 0) is 6.92 Å². The molecule has 0 atom stereocenters.